The van der Waals surface area contributed by atoms with E-state index in [1.165, 1.54) is 18.9 Å². The van der Waals surface area contributed by atoms with Crippen molar-refractivity contribution in [3.05, 3.63) is 34.1 Å². The molecular weight excluding hydrogens is 378 g/mol. The Morgan fingerprint density at radius 1 is 1.32 bits per heavy atom. The zero-order chi connectivity index (χ0) is 20.7. The summed E-state index contributed by atoms with van der Waals surface area (Å²) in [5.74, 6) is -0.412. The van der Waals surface area contributed by atoms with Crippen LogP contribution in [0.3, 0.4) is 0 Å². The number of ether oxygens (including phenoxy) is 1. The molecule has 0 aliphatic rings. The minimum atomic E-state index is -0.485. The smallest absolute Gasteiger partial charge is 0.337 e. The molecule has 8 heteroatoms. The molecule has 0 radical (unpaired) electrons. The van der Waals surface area contributed by atoms with Gasteiger partial charge in [-0.2, -0.15) is 0 Å². The minimum absolute atomic E-state index is 0.0981. The number of esters is 1. The predicted octanol–water partition coefficient (Wildman–Crippen LogP) is 2.99. The SMILES string of the molecule is CCCCn1c(SCC(=O)N[C@@H](C)CC)nc2cc(C(=O)OC)ccc2c1=O. The van der Waals surface area contributed by atoms with Crippen LogP contribution in [0.4, 0.5) is 0 Å². The molecule has 1 amide bonds. The number of hydrogen-bond donors (Lipinski definition) is 1. The van der Waals surface area contributed by atoms with Gasteiger partial charge in [-0.15, -0.1) is 0 Å². The van der Waals surface area contributed by atoms with Gasteiger partial charge in [-0.05, 0) is 38.0 Å². The van der Waals surface area contributed by atoms with E-state index in [0.29, 0.717) is 28.2 Å². The first-order valence-electron chi connectivity index (χ1n) is 9.46. The zero-order valence-corrected chi connectivity index (χ0v) is 17.6. The van der Waals surface area contributed by atoms with Gasteiger partial charge in [0.05, 0.1) is 29.3 Å². The van der Waals surface area contributed by atoms with Crippen LogP contribution in [0, 0.1) is 0 Å². The largest absolute Gasteiger partial charge is 0.465 e. The van der Waals surface area contributed by atoms with Gasteiger partial charge in [0.1, 0.15) is 0 Å². The molecule has 0 bridgehead atoms. The molecule has 1 atom stereocenters. The van der Waals surface area contributed by atoms with Gasteiger partial charge in [-0.25, -0.2) is 9.78 Å². The summed E-state index contributed by atoms with van der Waals surface area (Å²) in [6, 6.07) is 4.82. The summed E-state index contributed by atoms with van der Waals surface area (Å²) in [7, 11) is 1.31. The van der Waals surface area contributed by atoms with Gasteiger partial charge in [-0.1, -0.05) is 32.0 Å². The third-order valence-electron chi connectivity index (χ3n) is 4.43. The van der Waals surface area contributed by atoms with Crippen molar-refractivity contribution in [2.45, 2.75) is 57.8 Å². The van der Waals surface area contributed by atoms with Crippen LogP contribution in [-0.2, 0) is 16.1 Å². The fourth-order valence-electron chi connectivity index (χ4n) is 2.62. The molecule has 1 heterocycles. The third-order valence-corrected chi connectivity index (χ3v) is 5.41. The number of thioether (sulfide) groups is 1. The van der Waals surface area contributed by atoms with E-state index in [1.807, 2.05) is 13.8 Å². The van der Waals surface area contributed by atoms with E-state index in [1.54, 1.807) is 22.8 Å². The number of fused-ring (bicyclic) bond motifs is 1. The fraction of sp³-hybridized carbons (Fsp3) is 0.500. The van der Waals surface area contributed by atoms with E-state index < -0.39 is 5.97 Å². The summed E-state index contributed by atoms with van der Waals surface area (Å²) in [5.41, 5.74) is 0.587. The molecule has 0 aliphatic heterocycles. The van der Waals surface area contributed by atoms with Gasteiger partial charge in [-0.3, -0.25) is 14.2 Å². The van der Waals surface area contributed by atoms with Gasteiger partial charge in [0.2, 0.25) is 5.91 Å². The maximum absolute atomic E-state index is 13.0. The Morgan fingerprint density at radius 2 is 2.07 bits per heavy atom. The number of amides is 1. The number of unbranched alkanes of at least 4 members (excludes halogenated alkanes) is 1. The lowest BCUT2D eigenvalue weighted by Gasteiger charge is -2.14. The van der Waals surface area contributed by atoms with Gasteiger partial charge in [0.15, 0.2) is 5.16 Å². The molecule has 152 valence electrons. The zero-order valence-electron chi connectivity index (χ0n) is 16.8. The summed E-state index contributed by atoms with van der Waals surface area (Å²) in [6.45, 7) is 6.54. The quantitative estimate of drug-likeness (QED) is 0.392. The van der Waals surface area contributed by atoms with E-state index in [9.17, 15) is 14.4 Å². The van der Waals surface area contributed by atoms with Crippen molar-refractivity contribution in [1.82, 2.24) is 14.9 Å². The van der Waals surface area contributed by atoms with E-state index >= 15 is 0 Å². The highest BCUT2D eigenvalue weighted by molar-refractivity contribution is 7.99. The summed E-state index contributed by atoms with van der Waals surface area (Å²) < 4.78 is 6.36. The van der Waals surface area contributed by atoms with Crippen LogP contribution < -0.4 is 10.9 Å². The average Bonchev–Trinajstić information content (AvgIpc) is 2.70. The van der Waals surface area contributed by atoms with Crippen molar-refractivity contribution < 1.29 is 14.3 Å². The highest BCUT2D eigenvalue weighted by atomic mass is 32.2. The number of benzene rings is 1. The van der Waals surface area contributed by atoms with Gasteiger partial charge in [0.25, 0.3) is 5.56 Å². The molecule has 1 aromatic heterocycles. The van der Waals surface area contributed by atoms with E-state index in [4.69, 9.17) is 4.74 Å². The molecule has 2 rings (SSSR count). The van der Waals surface area contributed by atoms with Gasteiger partial charge in [0, 0.05) is 12.6 Å². The molecule has 0 fully saturated rings. The van der Waals surface area contributed by atoms with Crippen LogP contribution in [0.5, 0.6) is 0 Å². The summed E-state index contributed by atoms with van der Waals surface area (Å²) in [6.07, 6.45) is 2.62. The molecule has 2 aromatic rings. The first-order valence-corrected chi connectivity index (χ1v) is 10.4. The van der Waals surface area contributed by atoms with Gasteiger partial charge >= 0.3 is 5.97 Å². The van der Waals surface area contributed by atoms with Crippen molar-refractivity contribution in [2.75, 3.05) is 12.9 Å². The lowest BCUT2D eigenvalue weighted by Crippen LogP contribution is -2.33. The number of nitrogens with one attached hydrogen (secondary N) is 1. The van der Waals surface area contributed by atoms with Crippen LogP contribution in [0.1, 0.15) is 50.4 Å². The molecule has 7 nitrogen and oxygen atoms in total. The third kappa shape index (κ3) is 5.34. The Morgan fingerprint density at radius 3 is 2.71 bits per heavy atom. The second-order valence-electron chi connectivity index (χ2n) is 6.59. The number of nitrogens with zero attached hydrogens (tertiary/aromatic N) is 2. The molecule has 0 aliphatic carbocycles. The standard InChI is InChI=1S/C20H27N3O4S/c1-5-7-10-23-18(25)15-9-8-14(19(26)27-4)11-16(15)22-20(23)28-12-17(24)21-13(3)6-2/h8-9,11,13H,5-7,10,12H2,1-4H3,(H,21,24)/t13-/m0/s1. The number of carbonyl (C=O) groups excluding carboxylic acids is 2. The van der Waals surface area contributed by atoms with Crippen LogP contribution in [0.25, 0.3) is 10.9 Å². The Labute approximate surface area is 168 Å². The van der Waals surface area contributed by atoms with E-state index in [-0.39, 0.29) is 23.3 Å². The molecule has 1 N–H and O–H groups in total. The van der Waals surface area contributed by atoms with Crippen LogP contribution in [0.2, 0.25) is 0 Å². The molecule has 0 unspecified atom stereocenters. The van der Waals surface area contributed by atoms with Crippen molar-refractivity contribution in [2.24, 2.45) is 0 Å². The van der Waals surface area contributed by atoms with Crippen molar-refractivity contribution in [3.63, 3.8) is 0 Å². The first-order chi connectivity index (χ1) is 13.4. The second kappa shape index (κ2) is 10.3. The van der Waals surface area contributed by atoms with E-state index in [0.717, 1.165) is 19.3 Å². The van der Waals surface area contributed by atoms with Gasteiger partial charge < -0.3 is 10.1 Å². The topological polar surface area (TPSA) is 90.3 Å². The maximum Gasteiger partial charge on any atom is 0.337 e. The van der Waals surface area contributed by atoms with Crippen LogP contribution in [0.15, 0.2) is 28.2 Å². The summed E-state index contributed by atoms with van der Waals surface area (Å²) in [5, 5.41) is 3.83. The Bertz CT molecular complexity index is 910. The number of aromatic nitrogens is 2. The van der Waals surface area contributed by atoms with Crippen LogP contribution in [-0.4, -0.2) is 40.3 Å². The lowest BCUT2D eigenvalue weighted by molar-refractivity contribution is -0.119. The number of hydrogen-bond acceptors (Lipinski definition) is 6. The molecular formula is C20H27N3O4S. The monoisotopic (exact) mass is 405 g/mol. The number of rotatable bonds is 9. The number of carbonyl (C=O) groups is 2. The second-order valence-corrected chi connectivity index (χ2v) is 7.54. The summed E-state index contributed by atoms with van der Waals surface area (Å²) >= 11 is 1.23. The fourth-order valence-corrected chi connectivity index (χ4v) is 3.45. The van der Waals surface area contributed by atoms with Crippen molar-refractivity contribution >= 4 is 34.5 Å². The molecule has 1 aromatic carbocycles. The Balaban J connectivity index is 2.40. The average molecular weight is 406 g/mol. The van der Waals surface area contributed by atoms with E-state index in [2.05, 4.69) is 17.2 Å². The minimum Gasteiger partial charge on any atom is -0.465 e. The molecule has 0 spiro atoms. The first kappa shape index (κ1) is 21.9. The highest BCUT2D eigenvalue weighted by Crippen LogP contribution is 2.20. The van der Waals surface area contributed by atoms with Crippen molar-refractivity contribution in [1.29, 1.82) is 0 Å². The highest BCUT2D eigenvalue weighted by Gasteiger charge is 2.15. The normalized spacial score (nSPS) is 12.0. The maximum atomic E-state index is 13.0. The molecule has 0 saturated heterocycles. The lowest BCUT2D eigenvalue weighted by atomic mass is 10.1. The number of methoxy groups -OCH3 is 1. The predicted molar refractivity (Wildman–Crippen MR) is 111 cm³/mol. The van der Waals surface area contributed by atoms with Crippen molar-refractivity contribution in [3.8, 4) is 0 Å². The molecule has 0 saturated carbocycles. The molecule has 28 heavy (non-hydrogen) atoms. The summed E-state index contributed by atoms with van der Waals surface area (Å²) in [4.78, 5) is 41.5. The Hall–Kier alpha value is -2.35. The Kier molecular flexibility index (Phi) is 8.04. The van der Waals surface area contributed by atoms with Crippen LogP contribution >= 0.6 is 11.8 Å².